The second kappa shape index (κ2) is 12.3. The van der Waals surface area contributed by atoms with Crippen LogP contribution in [0.4, 0.5) is 5.82 Å². The molecule has 1 aromatic heterocycles. The van der Waals surface area contributed by atoms with Crippen LogP contribution in [0.3, 0.4) is 0 Å². The number of methoxy groups -OCH3 is 1. The maximum atomic E-state index is 11.0. The van der Waals surface area contributed by atoms with Gasteiger partial charge in [-0.25, -0.2) is 10.5 Å². The Morgan fingerprint density at radius 1 is 1.31 bits per heavy atom. The molecule has 7 nitrogen and oxygen atoms in total. The fourth-order valence-electron chi connectivity index (χ4n) is 3.18. The number of hydrogen-bond donors (Lipinski definition) is 3. The highest BCUT2D eigenvalue weighted by Crippen LogP contribution is 2.22. The molecule has 1 aliphatic heterocycles. The Kier molecular flexibility index (Phi) is 10.5. The van der Waals surface area contributed by atoms with Gasteiger partial charge in [-0.1, -0.05) is 18.2 Å². The van der Waals surface area contributed by atoms with Crippen molar-refractivity contribution in [3.8, 4) is 5.75 Å². The lowest BCUT2D eigenvalue weighted by atomic mass is 10.2. The van der Waals surface area contributed by atoms with E-state index in [0.717, 1.165) is 43.2 Å². The van der Waals surface area contributed by atoms with Crippen molar-refractivity contribution in [1.29, 1.82) is 0 Å². The summed E-state index contributed by atoms with van der Waals surface area (Å²) in [6, 6.07) is 12.2. The molecule has 0 bridgehead atoms. The second-order valence-corrected chi connectivity index (χ2v) is 6.46. The molecule has 29 heavy (non-hydrogen) atoms. The lowest BCUT2D eigenvalue weighted by Crippen LogP contribution is -2.26. The lowest BCUT2D eigenvalue weighted by Gasteiger charge is -2.18. The molecule has 2 heterocycles. The quantitative estimate of drug-likeness (QED) is 0.348. The number of amides is 1. The number of hydrogen-bond acceptors (Lipinski definition) is 6. The monoisotopic (exact) mass is 440 g/mol. The summed E-state index contributed by atoms with van der Waals surface area (Å²) in [5, 5.41) is 11.9. The van der Waals surface area contributed by atoms with Gasteiger partial charge in [0, 0.05) is 43.5 Å². The molecule has 1 atom stereocenters. The maximum Gasteiger partial charge on any atom is 0.267 e. The summed E-state index contributed by atoms with van der Waals surface area (Å²) in [4.78, 5) is 17.8. The van der Waals surface area contributed by atoms with Gasteiger partial charge in [0.25, 0.3) is 5.91 Å². The number of rotatable bonds is 7. The summed E-state index contributed by atoms with van der Waals surface area (Å²) >= 11 is 0. The van der Waals surface area contributed by atoms with Gasteiger partial charge in [-0.3, -0.25) is 14.9 Å². The zero-order valence-corrected chi connectivity index (χ0v) is 17.7. The van der Waals surface area contributed by atoms with Gasteiger partial charge in [-0.05, 0) is 36.3 Å². The number of aromatic nitrogens is 1. The molecule has 1 fully saturated rings. The minimum Gasteiger partial charge on any atom is -0.496 e. The van der Waals surface area contributed by atoms with E-state index in [2.05, 4.69) is 21.3 Å². The lowest BCUT2D eigenvalue weighted by molar-refractivity contribution is -0.124. The van der Waals surface area contributed by atoms with E-state index in [9.17, 15) is 4.79 Å². The number of benzene rings is 1. The summed E-state index contributed by atoms with van der Waals surface area (Å²) in [7, 11) is 1.70. The van der Waals surface area contributed by atoms with E-state index in [-0.39, 0.29) is 24.8 Å². The fraction of sp³-hybridized carbons (Fsp3) is 0.300. The van der Waals surface area contributed by atoms with Crippen LogP contribution in [0.15, 0.2) is 48.7 Å². The third-order valence-corrected chi connectivity index (χ3v) is 4.53. The van der Waals surface area contributed by atoms with Gasteiger partial charge in [-0.15, -0.1) is 24.8 Å². The van der Waals surface area contributed by atoms with Crippen molar-refractivity contribution in [3.63, 3.8) is 0 Å². The van der Waals surface area contributed by atoms with Crippen LogP contribution < -0.4 is 15.5 Å². The highest BCUT2D eigenvalue weighted by Gasteiger charge is 2.23. The molecular weight excluding hydrogens is 415 g/mol. The summed E-state index contributed by atoms with van der Waals surface area (Å²) in [6.07, 6.45) is 5.57. The highest BCUT2D eigenvalue weighted by atomic mass is 35.5. The first-order chi connectivity index (χ1) is 13.2. The molecule has 2 aromatic rings. The van der Waals surface area contributed by atoms with Crippen LogP contribution in [0.1, 0.15) is 17.5 Å². The van der Waals surface area contributed by atoms with Crippen molar-refractivity contribution in [2.75, 3.05) is 25.5 Å². The molecule has 1 aliphatic rings. The third-order valence-electron chi connectivity index (χ3n) is 4.53. The normalized spacial score (nSPS) is 16.0. The van der Waals surface area contributed by atoms with Crippen LogP contribution >= 0.6 is 24.8 Å². The van der Waals surface area contributed by atoms with Crippen LogP contribution in [-0.2, 0) is 11.3 Å². The number of para-hydroxylation sites is 1. The predicted molar refractivity (Wildman–Crippen MR) is 118 cm³/mol. The number of halogens is 2. The molecule has 0 spiro atoms. The number of carbonyl (C=O) groups is 1. The van der Waals surface area contributed by atoms with Crippen LogP contribution in [0.25, 0.3) is 6.08 Å². The fourth-order valence-corrected chi connectivity index (χ4v) is 3.18. The Hall–Kier alpha value is -2.32. The Morgan fingerprint density at radius 3 is 2.79 bits per heavy atom. The van der Waals surface area contributed by atoms with Gasteiger partial charge in [0.2, 0.25) is 0 Å². The molecule has 1 aromatic carbocycles. The first-order valence-electron chi connectivity index (χ1n) is 8.87. The summed E-state index contributed by atoms with van der Waals surface area (Å²) in [6.45, 7) is 2.83. The van der Waals surface area contributed by atoms with Crippen molar-refractivity contribution >= 4 is 42.6 Å². The molecule has 0 aliphatic carbocycles. The molecular formula is C20H26Cl2N4O3. The van der Waals surface area contributed by atoms with Crippen molar-refractivity contribution < 1.29 is 14.7 Å². The molecule has 1 amide bonds. The van der Waals surface area contributed by atoms with Crippen molar-refractivity contribution in [3.05, 3.63) is 59.8 Å². The van der Waals surface area contributed by atoms with E-state index in [1.54, 1.807) is 24.9 Å². The first kappa shape index (κ1) is 24.7. The third kappa shape index (κ3) is 7.21. The largest absolute Gasteiger partial charge is 0.496 e. The number of pyridine rings is 1. The maximum absolute atomic E-state index is 11.0. The summed E-state index contributed by atoms with van der Waals surface area (Å²) < 4.78 is 5.43. The minimum absolute atomic E-state index is 0. The van der Waals surface area contributed by atoms with Crippen molar-refractivity contribution in [1.82, 2.24) is 15.4 Å². The Morgan fingerprint density at radius 2 is 2.10 bits per heavy atom. The number of hydroxylamine groups is 1. The van der Waals surface area contributed by atoms with E-state index in [1.807, 2.05) is 30.3 Å². The molecule has 1 saturated heterocycles. The SMILES string of the molecule is COc1ccccc1CN1CC[C@@H](Nc2ccc(/C=C/C(=O)NO)cn2)C1.Cl.Cl. The topological polar surface area (TPSA) is 86.7 Å². The Bertz CT molecular complexity index is 803. The predicted octanol–water partition coefficient (Wildman–Crippen LogP) is 3.14. The first-order valence-corrected chi connectivity index (χ1v) is 8.87. The Labute approximate surface area is 182 Å². The van der Waals surface area contributed by atoms with Gasteiger partial charge in [0.15, 0.2) is 0 Å². The van der Waals surface area contributed by atoms with Gasteiger partial charge in [0.1, 0.15) is 11.6 Å². The van der Waals surface area contributed by atoms with Crippen molar-refractivity contribution in [2.24, 2.45) is 0 Å². The molecule has 0 unspecified atom stereocenters. The van der Waals surface area contributed by atoms with E-state index in [1.165, 1.54) is 11.6 Å². The molecule has 3 rings (SSSR count). The van der Waals surface area contributed by atoms with Gasteiger partial charge >= 0.3 is 0 Å². The number of nitrogens with zero attached hydrogens (tertiary/aromatic N) is 2. The molecule has 0 radical (unpaired) electrons. The standard InChI is InChI=1S/C20H24N4O3.2ClH/c1-27-18-5-3-2-4-16(18)13-24-11-10-17(14-24)22-19-8-6-15(12-21-19)7-9-20(25)23-26;;/h2-9,12,17,26H,10-11,13-14H2,1H3,(H,21,22)(H,23,25);2*1H/b9-7+;;/t17-;;/m1../s1. The van der Waals surface area contributed by atoms with Gasteiger partial charge < -0.3 is 10.1 Å². The minimum atomic E-state index is -0.571. The molecule has 0 saturated carbocycles. The average Bonchev–Trinajstić information content (AvgIpc) is 3.14. The van der Waals surface area contributed by atoms with E-state index >= 15 is 0 Å². The highest BCUT2D eigenvalue weighted by molar-refractivity contribution is 5.90. The Balaban J connectivity index is 0.00000210. The summed E-state index contributed by atoms with van der Waals surface area (Å²) in [5.74, 6) is 1.16. The van der Waals surface area contributed by atoms with Crippen LogP contribution in [-0.4, -0.2) is 47.2 Å². The van der Waals surface area contributed by atoms with E-state index in [4.69, 9.17) is 9.94 Å². The molecule has 158 valence electrons. The smallest absolute Gasteiger partial charge is 0.267 e. The van der Waals surface area contributed by atoms with E-state index in [0.29, 0.717) is 6.04 Å². The van der Waals surface area contributed by atoms with Crippen LogP contribution in [0.5, 0.6) is 5.75 Å². The summed E-state index contributed by atoms with van der Waals surface area (Å²) in [5.41, 5.74) is 3.53. The number of ether oxygens (including phenoxy) is 1. The van der Waals surface area contributed by atoms with E-state index < -0.39 is 5.91 Å². The average molecular weight is 441 g/mol. The van der Waals surface area contributed by atoms with Crippen LogP contribution in [0, 0.1) is 0 Å². The second-order valence-electron chi connectivity index (χ2n) is 6.46. The van der Waals surface area contributed by atoms with Crippen LogP contribution in [0.2, 0.25) is 0 Å². The molecule has 3 N–H and O–H groups in total. The molecule has 9 heteroatoms. The number of nitrogens with one attached hydrogen (secondary N) is 2. The zero-order chi connectivity index (χ0) is 19.1. The number of likely N-dealkylation sites (tertiary alicyclic amines) is 1. The van der Waals surface area contributed by atoms with Gasteiger partial charge in [0.05, 0.1) is 7.11 Å². The number of anilines is 1. The number of carbonyl (C=O) groups excluding carboxylic acids is 1. The van der Waals surface area contributed by atoms with Crippen molar-refractivity contribution in [2.45, 2.75) is 19.0 Å². The zero-order valence-electron chi connectivity index (χ0n) is 16.1. The van der Waals surface area contributed by atoms with Gasteiger partial charge in [-0.2, -0.15) is 0 Å².